The first kappa shape index (κ1) is 14.7. The molecule has 1 aromatic carbocycles. The number of carbonyl (C=O) groups excluding carboxylic acids is 1. The second-order valence-electron chi connectivity index (χ2n) is 5.40. The van der Waals surface area contributed by atoms with Crippen LogP contribution in [0.2, 0.25) is 0 Å². The Bertz CT molecular complexity index is 412. The number of benzene rings is 1. The summed E-state index contributed by atoms with van der Waals surface area (Å²) in [5.74, 6) is -0.00442. The lowest BCUT2D eigenvalue weighted by Crippen LogP contribution is -2.42. The second kappa shape index (κ2) is 5.53. The van der Waals surface area contributed by atoms with E-state index in [9.17, 15) is 9.90 Å². The lowest BCUT2D eigenvalue weighted by Gasteiger charge is -2.29. The molecule has 0 aliphatic carbocycles. The molecule has 0 bridgehead atoms. The van der Waals surface area contributed by atoms with Crippen LogP contribution in [-0.2, 0) is 0 Å². The van der Waals surface area contributed by atoms with E-state index in [0.29, 0.717) is 13.1 Å². The van der Waals surface area contributed by atoms with Gasteiger partial charge in [-0.3, -0.25) is 4.79 Å². The Labute approximate surface area is 109 Å². The number of rotatable bonds is 4. The van der Waals surface area contributed by atoms with Gasteiger partial charge >= 0.3 is 0 Å². The molecule has 0 aliphatic rings. The number of aliphatic hydroxyl groups is 1. The fraction of sp³-hybridized carbons (Fsp3) is 0.533. The number of aryl methyl sites for hydroxylation is 2. The van der Waals surface area contributed by atoms with Gasteiger partial charge in [0, 0.05) is 18.7 Å². The summed E-state index contributed by atoms with van der Waals surface area (Å²) in [7, 11) is 0. The smallest absolute Gasteiger partial charge is 0.254 e. The number of nitrogens with zero attached hydrogens (tertiary/aromatic N) is 1. The molecule has 0 spiro atoms. The van der Waals surface area contributed by atoms with Crippen LogP contribution in [0.3, 0.4) is 0 Å². The third-order valence-electron chi connectivity index (χ3n) is 2.94. The molecule has 0 unspecified atom stereocenters. The molecular weight excluding hydrogens is 226 g/mol. The van der Waals surface area contributed by atoms with Gasteiger partial charge in [0.15, 0.2) is 0 Å². The van der Waals surface area contributed by atoms with Crippen molar-refractivity contribution in [1.82, 2.24) is 4.90 Å². The molecule has 3 nitrogen and oxygen atoms in total. The van der Waals surface area contributed by atoms with Gasteiger partial charge in [-0.2, -0.15) is 0 Å². The molecule has 0 heterocycles. The van der Waals surface area contributed by atoms with Crippen LogP contribution in [-0.4, -0.2) is 34.6 Å². The van der Waals surface area contributed by atoms with Crippen LogP contribution in [0.1, 0.15) is 42.3 Å². The standard InChI is InChI=1S/C15H23NO2/c1-6-16(10-15(4,5)18)14(17)13-11(2)8-7-9-12(13)3/h7-9,18H,6,10H2,1-5H3. The number of carbonyl (C=O) groups is 1. The fourth-order valence-electron chi connectivity index (χ4n) is 2.10. The highest BCUT2D eigenvalue weighted by atomic mass is 16.3. The predicted octanol–water partition coefficient (Wildman–Crippen LogP) is 2.54. The van der Waals surface area contributed by atoms with Crippen molar-refractivity contribution in [2.45, 2.75) is 40.2 Å². The van der Waals surface area contributed by atoms with Crippen molar-refractivity contribution in [3.8, 4) is 0 Å². The maximum absolute atomic E-state index is 12.5. The minimum Gasteiger partial charge on any atom is -0.389 e. The summed E-state index contributed by atoms with van der Waals surface area (Å²) in [5, 5.41) is 9.86. The molecule has 1 amide bonds. The van der Waals surface area contributed by atoms with Gasteiger partial charge in [-0.05, 0) is 45.7 Å². The molecule has 0 aromatic heterocycles. The van der Waals surface area contributed by atoms with Crippen molar-refractivity contribution in [2.75, 3.05) is 13.1 Å². The zero-order valence-corrected chi connectivity index (χ0v) is 11.9. The van der Waals surface area contributed by atoms with Crippen LogP contribution in [0.4, 0.5) is 0 Å². The van der Waals surface area contributed by atoms with Gasteiger partial charge in [-0.25, -0.2) is 0 Å². The number of likely N-dealkylation sites (N-methyl/N-ethyl adjacent to an activating group) is 1. The third-order valence-corrected chi connectivity index (χ3v) is 2.94. The SMILES string of the molecule is CCN(CC(C)(C)O)C(=O)c1c(C)cccc1C. The summed E-state index contributed by atoms with van der Waals surface area (Å²) in [4.78, 5) is 14.2. The molecule has 0 radical (unpaired) electrons. The Hall–Kier alpha value is -1.35. The highest BCUT2D eigenvalue weighted by molar-refractivity contribution is 5.97. The summed E-state index contributed by atoms with van der Waals surface area (Å²) in [5.41, 5.74) is 1.84. The Morgan fingerprint density at radius 2 is 1.78 bits per heavy atom. The molecule has 3 heteroatoms. The first-order valence-electron chi connectivity index (χ1n) is 6.34. The summed E-state index contributed by atoms with van der Waals surface area (Å²) < 4.78 is 0. The van der Waals surface area contributed by atoms with Gasteiger partial charge in [-0.1, -0.05) is 18.2 Å². The molecule has 1 N–H and O–H groups in total. The molecule has 1 aromatic rings. The predicted molar refractivity (Wildman–Crippen MR) is 73.8 cm³/mol. The van der Waals surface area contributed by atoms with E-state index in [0.717, 1.165) is 16.7 Å². The minimum atomic E-state index is -0.873. The molecule has 0 saturated carbocycles. The lowest BCUT2D eigenvalue weighted by molar-refractivity contribution is 0.0314. The molecule has 18 heavy (non-hydrogen) atoms. The highest BCUT2D eigenvalue weighted by Crippen LogP contribution is 2.17. The van der Waals surface area contributed by atoms with Crippen LogP contribution in [0.5, 0.6) is 0 Å². The van der Waals surface area contributed by atoms with Crippen LogP contribution in [0, 0.1) is 13.8 Å². The second-order valence-corrected chi connectivity index (χ2v) is 5.40. The first-order valence-corrected chi connectivity index (χ1v) is 6.34. The Kier molecular flexibility index (Phi) is 4.52. The quantitative estimate of drug-likeness (QED) is 0.890. The van der Waals surface area contributed by atoms with Crippen LogP contribution in [0.25, 0.3) is 0 Å². The van der Waals surface area contributed by atoms with Crippen molar-refractivity contribution in [3.05, 3.63) is 34.9 Å². The van der Waals surface area contributed by atoms with E-state index in [1.807, 2.05) is 39.0 Å². The normalized spacial score (nSPS) is 11.4. The average molecular weight is 249 g/mol. The van der Waals surface area contributed by atoms with E-state index in [1.54, 1.807) is 18.7 Å². The largest absolute Gasteiger partial charge is 0.389 e. The summed E-state index contributed by atoms with van der Waals surface area (Å²) in [6.07, 6.45) is 0. The number of hydrogen-bond acceptors (Lipinski definition) is 2. The molecule has 0 aliphatic heterocycles. The maximum atomic E-state index is 12.5. The van der Waals surface area contributed by atoms with Gasteiger partial charge in [0.1, 0.15) is 0 Å². The van der Waals surface area contributed by atoms with Crippen LogP contribution < -0.4 is 0 Å². The fourth-order valence-corrected chi connectivity index (χ4v) is 2.10. The minimum absolute atomic E-state index is 0.00442. The van der Waals surface area contributed by atoms with Crippen molar-refractivity contribution >= 4 is 5.91 Å². The Balaban J connectivity index is 3.04. The van der Waals surface area contributed by atoms with Crippen molar-refractivity contribution in [3.63, 3.8) is 0 Å². The summed E-state index contributed by atoms with van der Waals surface area (Å²) >= 11 is 0. The first-order chi connectivity index (χ1) is 8.26. The van der Waals surface area contributed by atoms with E-state index < -0.39 is 5.60 Å². The van der Waals surface area contributed by atoms with Gasteiger partial charge in [-0.15, -0.1) is 0 Å². The van der Waals surface area contributed by atoms with Gasteiger partial charge in [0.2, 0.25) is 0 Å². The Morgan fingerprint density at radius 1 is 1.28 bits per heavy atom. The van der Waals surface area contributed by atoms with E-state index in [-0.39, 0.29) is 5.91 Å². The van der Waals surface area contributed by atoms with Gasteiger partial charge in [0.25, 0.3) is 5.91 Å². The zero-order valence-electron chi connectivity index (χ0n) is 11.9. The van der Waals surface area contributed by atoms with Crippen LogP contribution >= 0.6 is 0 Å². The number of amides is 1. The molecule has 1 rings (SSSR count). The third kappa shape index (κ3) is 3.57. The number of hydrogen-bond donors (Lipinski definition) is 1. The molecule has 0 saturated heterocycles. The van der Waals surface area contributed by atoms with Gasteiger partial charge < -0.3 is 10.0 Å². The molecule has 100 valence electrons. The van der Waals surface area contributed by atoms with E-state index in [1.165, 1.54) is 0 Å². The summed E-state index contributed by atoms with van der Waals surface area (Å²) in [6, 6.07) is 5.84. The maximum Gasteiger partial charge on any atom is 0.254 e. The lowest BCUT2D eigenvalue weighted by atomic mass is 10.0. The van der Waals surface area contributed by atoms with Crippen molar-refractivity contribution in [2.24, 2.45) is 0 Å². The van der Waals surface area contributed by atoms with E-state index in [4.69, 9.17) is 0 Å². The van der Waals surface area contributed by atoms with Crippen molar-refractivity contribution < 1.29 is 9.90 Å². The van der Waals surface area contributed by atoms with Crippen molar-refractivity contribution in [1.29, 1.82) is 0 Å². The molecule has 0 atom stereocenters. The average Bonchev–Trinajstić information content (AvgIpc) is 2.24. The van der Waals surface area contributed by atoms with E-state index >= 15 is 0 Å². The summed E-state index contributed by atoms with van der Waals surface area (Å²) in [6.45, 7) is 10.2. The van der Waals surface area contributed by atoms with E-state index in [2.05, 4.69) is 0 Å². The molecular formula is C15H23NO2. The topological polar surface area (TPSA) is 40.5 Å². The monoisotopic (exact) mass is 249 g/mol. The zero-order chi connectivity index (χ0) is 13.9. The Morgan fingerprint density at radius 3 is 2.17 bits per heavy atom. The highest BCUT2D eigenvalue weighted by Gasteiger charge is 2.23. The van der Waals surface area contributed by atoms with Crippen LogP contribution in [0.15, 0.2) is 18.2 Å². The molecule has 0 fully saturated rings. The van der Waals surface area contributed by atoms with Gasteiger partial charge in [0.05, 0.1) is 5.60 Å².